The number of Topliss-reactive ketones (excluding diaryl/α,β-unsaturated/α-hetero) is 1. The average molecular weight is 483 g/mol. The third kappa shape index (κ3) is 3.61. The highest BCUT2D eigenvalue weighted by Gasteiger charge is 2.42. The van der Waals surface area contributed by atoms with Gasteiger partial charge in [-0.15, -0.1) is 0 Å². The fourth-order valence-corrected chi connectivity index (χ4v) is 6.53. The highest BCUT2D eigenvalue weighted by molar-refractivity contribution is 6.05. The molecule has 0 unspecified atom stereocenters. The normalized spacial score (nSPS) is 18.5. The van der Waals surface area contributed by atoms with Crippen LogP contribution in [0.25, 0.3) is 21.7 Å². The maximum absolute atomic E-state index is 13.9. The van der Waals surface area contributed by atoms with Crippen molar-refractivity contribution in [2.24, 2.45) is 5.41 Å². The number of para-hydroxylation sites is 1. The number of rotatable bonds is 3. The number of anilines is 1. The summed E-state index contributed by atoms with van der Waals surface area (Å²) in [6.45, 7) is 5.20. The van der Waals surface area contributed by atoms with Crippen LogP contribution in [0.1, 0.15) is 49.3 Å². The van der Waals surface area contributed by atoms with Crippen LogP contribution in [0, 0.1) is 5.41 Å². The first-order chi connectivity index (χ1) is 18.0. The molecule has 5 aromatic rings. The maximum atomic E-state index is 13.9. The Hall–Kier alpha value is -4.11. The molecule has 1 aliphatic carbocycles. The molecular weight excluding hydrogens is 452 g/mol. The predicted octanol–water partition coefficient (Wildman–Crippen LogP) is 8.04. The van der Waals surface area contributed by atoms with Gasteiger partial charge in [0.1, 0.15) is 0 Å². The molecule has 0 fully saturated rings. The zero-order valence-corrected chi connectivity index (χ0v) is 21.3. The number of nitrogens with one attached hydrogen (secondary N) is 1. The molecule has 4 aromatic carbocycles. The van der Waals surface area contributed by atoms with Gasteiger partial charge in [0.25, 0.3) is 0 Å². The summed E-state index contributed by atoms with van der Waals surface area (Å²) in [5.41, 5.74) is 8.00. The second kappa shape index (κ2) is 8.21. The van der Waals surface area contributed by atoms with E-state index in [9.17, 15) is 4.79 Å². The largest absolute Gasteiger partial charge is 0.358 e. The van der Waals surface area contributed by atoms with Gasteiger partial charge in [0.2, 0.25) is 0 Å². The van der Waals surface area contributed by atoms with E-state index in [2.05, 4.69) is 121 Å². The monoisotopic (exact) mass is 482 g/mol. The molecule has 0 bridgehead atoms. The van der Waals surface area contributed by atoms with Crippen molar-refractivity contribution in [2.75, 3.05) is 5.32 Å². The van der Waals surface area contributed by atoms with E-state index in [1.807, 2.05) is 0 Å². The molecule has 3 heteroatoms. The third-order valence-electron chi connectivity index (χ3n) is 8.08. The molecule has 0 saturated heterocycles. The van der Waals surface area contributed by atoms with Crippen LogP contribution in [0.3, 0.4) is 0 Å². The van der Waals surface area contributed by atoms with Crippen molar-refractivity contribution in [3.63, 3.8) is 0 Å². The second-order valence-electron chi connectivity index (χ2n) is 11.4. The summed E-state index contributed by atoms with van der Waals surface area (Å²) in [6.07, 6.45) is 3.75. The van der Waals surface area contributed by atoms with Gasteiger partial charge in [0, 0.05) is 52.9 Å². The van der Waals surface area contributed by atoms with E-state index in [1.54, 1.807) is 0 Å². The number of fused-ring (bicyclic) bond motifs is 4. The zero-order valence-electron chi connectivity index (χ0n) is 21.3. The topological polar surface area (TPSA) is 34.0 Å². The summed E-state index contributed by atoms with van der Waals surface area (Å²) in [6, 6.07) is 32.2. The smallest absolute Gasteiger partial charge is 0.162 e. The summed E-state index contributed by atoms with van der Waals surface area (Å²) in [7, 11) is 0. The Labute approximate surface area is 217 Å². The third-order valence-corrected chi connectivity index (χ3v) is 8.08. The summed E-state index contributed by atoms with van der Waals surface area (Å²) in [5.74, 6) is 0.157. The first-order valence-corrected chi connectivity index (χ1v) is 13.2. The second-order valence-corrected chi connectivity index (χ2v) is 11.4. The molecule has 1 aliphatic heterocycles. The lowest BCUT2D eigenvalue weighted by Gasteiger charge is -2.39. The van der Waals surface area contributed by atoms with E-state index in [1.165, 1.54) is 38.4 Å². The molecular formula is C34H30N2O. The molecule has 1 aromatic heterocycles. The first-order valence-electron chi connectivity index (χ1n) is 13.2. The lowest BCUT2D eigenvalue weighted by Crippen LogP contribution is -2.33. The molecule has 37 heavy (non-hydrogen) atoms. The number of allylic oxidation sites excluding steroid dienone is 2. The number of hydrogen-bond donors (Lipinski definition) is 1. The Kier molecular flexibility index (Phi) is 4.91. The summed E-state index contributed by atoms with van der Waals surface area (Å²) < 4.78 is 2.35. The van der Waals surface area contributed by atoms with Crippen LogP contribution >= 0.6 is 0 Å². The first kappa shape index (κ1) is 22.1. The van der Waals surface area contributed by atoms with Crippen LogP contribution in [0.5, 0.6) is 0 Å². The molecule has 7 rings (SSSR count). The average Bonchev–Trinajstić information content (AvgIpc) is 3.25. The van der Waals surface area contributed by atoms with Crippen LogP contribution in [-0.4, -0.2) is 10.4 Å². The predicted molar refractivity (Wildman–Crippen MR) is 152 cm³/mol. The minimum absolute atomic E-state index is 0.0525. The minimum Gasteiger partial charge on any atom is -0.358 e. The van der Waals surface area contributed by atoms with Crippen LogP contribution in [0.4, 0.5) is 5.69 Å². The molecule has 0 radical (unpaired) electrons. The van der Waals surface area contributed by atoms with Crippen LogP contribution in [0.15, 0.2) is 108 Å². The van der Waals surface area contributed by atoms with Gasteiger partial charge in [0.05, 0.1) is 0 Å². The molecule has 182 valence electrons. The van der Waals surface area contributed by atoms with Crippen molar-refractivity contribution in [3.05, 3.63) is 125 Å². The molecule has 1 atom stereocenters. The quantitative estimate of drug-likeness (QED) is 0.282. The maximum Gasteiger partial charge on any atom is 0.162 e. The number of carbonyl (C=O) groups excluding carboxylic acids is 1. The van der Waals surface area contributed by atoms with Gasteiger partial charge < -0.3 is 9.88 Å². The van der Waals surface area contributed by atoms with Crippen LogP contribution < -0.4 is 5.32 Å². The minimum atomic E-state index is -0.108. The van der Waals surface area contributed by atoms with E-state index in [4.69, 9.17) is 0 Å². The van der Waals surface area contributed by atoms with E-state index in [-0.39, 0.29) is 17.1 Å². The SMILES string of the molecule is CC1(C)CC(=O)C2=C(C1)Nc1ccc3ccccc3c1[C@H]2c1cn(Cc2ccccc2)c2ccccc12. The van der Waals surface area contributed by atoms with Crippen molar-refractivity contribution in [2.45, 2.75) is 39.2 Å². The van der Waals surface area contributed by atoms with E-state index >= 15 is 0 Å². The molecule has 0 amide bonds. The molecule has 0 spiro atoms. The highest BCUT2D eigenvalue weighted by Crippen LogP contribution is 2.52. The standard InChI is InChI=1S/C34H30N2O/c1-34(2)18-28-33(30(37)19-34)32(31-24-13-7-6-12-23(24)16-17-27(31)35-28)26-21-36(20-22-10-4-3-5-11-22)29-15-9-8-14-25(26)29/h3-17,21,32,35H,18-20H2,1-2H3/t32-/m1/s1. The number of ketones is 1. The number of nitrogens with zero attached hydrogens (tertiary/aromatic N) is 1. The Morgan fingerprint density at radius 1 is 0.838 bits per heavy atom. The molecule has 0 saturated carbocycles. The van der Waals surface area contributed by atoms with E-state index in [0.717, 1.165) is 29.9 Å². The number of carbonyl (C=O) groups is 1. The Morgan fingerprint density at radius 2 is 1.57 bits per heavy atom. The Bertz CT molecular complexity index is 1720. The zero-order chi connectivity index (χ0) is 25.1. The van der Waals surface area contributed by atoms with Gasteiger partial charge in [-0.3, -0.25) is 4.79 Å². The van der Waals surface area contributed by atoms with Gasteiger partial charge in [0.15, 0.2) is 5.78 Å². The highest BCUT2D eigenvalue weighted by atomic mass is 16.1. The van der Waals surface area contributed by atoms with Gasteiger partial charge in [-0.1, -0.05) is 92.7 Å². The van der Waals surface area contributed by atoms with Crippen molar-refractivity contribution >= 4 is 33.1 Å². The van der Waals surface area contributed by atoms with Gasteiger partial charge in [-0.05, 0) is 51.4 Å². The number of hydrogen-bond acceptors (Lipinski definition) is 2. The van der Waals surface area contributed by atoms with Crippen molar-refractivity contribution in [3.8, 4) is 0 Å². The van der Waals surface area contributed by atoms with E-state index in [0.29, 0.717) is 6.42 Å². The molecule has 3 nitrogen and oxygen atoms in total. The van der Waals surface area contributed by atoms with E-state index < -0.39 is 0 Å². The van der Waals surface area contributed by atoms with Crippen LogP contribution in [0.2, 0.25) is 0 Å². The van der Waals surface area contributed by atoms with Gasteiger partial charge in [-0.2, -0.15) is 0 Å². The van der Waals surface area contributed by atoms with Gasteiger partial charge >= 0.3 is 0 Å². The summed E-state index contributed by atoms with van der Waals surface area (Å²) >= 11 is 0. The summed E-state index contributed by atoms with van der Waals surface area (Å²) in [4.78, 5) is 13.9. The molecule has 1 N–H and O–H groups in total. The fourth-order valence-electron chi connectivity index (χ4n) is 6.53. The lowest BCUT2D eigenvalue weighted by molar-refractivity contribution is -0.118. The Balaban J connectivity index is 1.51. The van der Waals surface area contributed by atoms with Crippen molar-refractivity contribution < 1.29 is 4.79 Å². The van der Waals surface area contributed by atoms with Crippen LogP contribution in [-0.2, 0) is 11.3 Å². The molecule has 2 heterocycles. The van der Waals surface area contributed by atoms with Crippen molar-refractivity contribution in [1.82, 2.24) is 4.57 Å². The summed E-state index contributed by atoms with van der Waals surface area (Å²) in [5, 5.41) is 7.35. The fraction of sp³-hybridized carbons (Fsp3) is 0.206. The van der Waals surface area contributed by atoms with Crippen molar-refractivity contribution in [1.29, 1.82) is 0 Å². The number of benzene rings is 4. The lowest BCUT2D eigenvalue weighted by atomic mass is 9.68. The number of aromatic nitrogens is 1. The van der Waals surface area contributed by atoms with Gasteiger partial charge in [-0.25, -0.2) is 0 Å². The Morgan fingerprint density at radius 3 is 2.41 bits per heavy atom. The molecule has 2 aliphatic rings.